The molecule has 3 aromatic carbocycles. The molecule has 0 atom stereocenters. The number of para-hydroxylation sites is 1. The summed E-state index contributed by atoms with van der Waals surface area (Å²) < 4.78 is 1.20. The highest BCUT2D eigenvalue weighted by molar-refractivity contribution is 7.21. The fraction of sp³-hybridized carbons (Fsp3) is 0.160. The van der Waals surface area contributed by atoms with Crippen LogP contribution in [0.5, 0.6) is 0 Å². The van der Waals surface area contributed by atoms with Gasteiger partial charge in [0.25, 0.3) is 5.91 Å². The summed E-state index contributed by atoms with van der Waals surface area (Å²) in [5.41, 5.74) is 7.95. The molecule has 3 heterocycles. The summed E-state index contributed by atoms with van der Waals surface area (Å²) >= 11 is 1.70. The molecule has 1 aromatic heterocycles. The maximum Gasteiger partial charge on any atom is 0.277 e. The van der Waals surface area contributed by atoms with Crippen LogP contribution in [0.3, 0.4) is 0 Å². The summed E-state index contributed by atoms with van der Waals surface area (Å²) in [6.45, 7) is 2.87. The molecule has 0 unspecified atom stereocenters. The van der Waals surface area contributed by atoms with E-state index in [0.29, 0.717) is 5.71 Å². The Morgan fingerprint density at radius 3 is 2.80 bits per heavy atom. The van der Waals surface area contributed by atoms with E-state index < -0.39 is 0 Å². The van der Waals surface area contributed by atoms with Gasteiger partial charge < -0.3 is 4.90 Å². The first-order valence-electron chi connectivity index (χ1n) is 10.2. The number of benzene rings is 3. The number of carbonyl (C=O) groups excluding carboxylic acids is 1. The Bertz CT molecular complexity index is 1350. The number of aromatic nitrogens is 1. The van der Waals surface area contributed by atoms with E-state index >= 15 is 0 Å². The Labute approximate surface area is 178 Å². The molecule has 5 heteroatoms. The smallest absolute Gasteiger partial charge is 0.277 e. The maximum absolute atomic E-state index is 13.0. The normalized spacial score (nSPS) is 16.5. The first-order valence-corrected chi connectivity index (χ1v) is 11.0. The Morgan fingerprint density at radius 2 is 1.93 bits per heavy atom. The van der Waals surface area contributed by atoms with Crippen molar-refractivity contribution in [3.05, 3.63) is 77.4 Å². The van der Waals surface area contributed by atoms with E-state index in [9.17, 15) is 4.79 Å². The molecule has 2 aliphatic heterocycles. The molecule has 1 amide bonds. The zero-order chi connectivity index (χ0) is 20.2. The predicted octanol–water partition coefficient (Wildman–Crippen LogP) is 5.69. The number of amides is 1. The summed E-state index contributed by atoms with van der Waals surface area (Å²) in [7, 11) is 0. The van der Waals surface area contributed by atoms with E-state index in [1.165, 1.54) is 15.8 Å². The van der Waals surface area contributed by atoms with Gasteiger partial charge in [-0.1, -0.05) is 24.3 Å². The lowest BCUT2D eigenvalue weighted by molar-refractivity contribution is -0.112. The average Bonchev–Trinajstić information content (AvgIpc) is 3.30. The van der Waals surface area contributed by atoms with E-state index in [1.54, 1.807) is 11.3 Å². The second kappa shape index (κ2) is 6.61. The molecule has 4 aromatic rings. The van der Waals surface area contributed by atoms with Gasteiger partial charge in [0.05, 0.1) is 21.6 Å². The van der Waals surface area contributed by atoms with Gasteiger partial charge in [0, 0.05) is 17.7 Å². The predicted molar refractivity (Wildman–Crippen MR) is 123 cm³/mol. The molecule has 146 valence electrons. The van der Waals surface area contributed by atoms with E-state index in [2.05, 4.69) is 31.2 Å². The van der Waals surface area contributed by atoms with E-state index in [-0.39, 0.29) is 5.91 Å². The van der Waals surface area contributed by atoms with Crippen LogP contribution in [0, 0.1) is 6.92 Å². The fourth-order valence-electron chi connectivity index (χ4n) is 4.36. The van der Waals surface area contributed by atoms with Crippen molar-refractivity contribution in [1.29, 1.82) is 0 Å². The molecule has 0 saturated heterocycles. The second-order valence-corrected chi connectivity index (χ2v) is 8.90. The molecule has 6 rings (SSSR count). The van der Waals surface area contributed by atoms with Crippen LogP contribution in [-0.4, -0.2) is 23.1 Å². The van der Waals surface area contributed by atoms with Crippen molar-refractivity contribution in [2.24, 2.45) is 4.99 Å². The lowest BCUT2D eigenvalue weighted by Crippen LogP contribution is -2.33. The number of hydrogen-bond acceptors (Lipinski definition) is 4. The standard InChI is InChI=1S/C25H19N3OS/c1-15-7-12-20-21(14-15)30-24(27-20)17-8-10-18(11-9-17)26-22-19-6-2-4-16-5-3-13-28(23(16)19)25(22)29/h2,4,6-12,14H,3,5,13H2,1H3. The van der Waals surface area contributed by atoms with Gasteiger partial charge in [0.15, 0.2) is 0 Å². The van der Waals surface area contributed by atoms with Gasteiger partial charge >= 0.3 is 0 Å². The number of thiazole rings is 1. The maximum atomic E-state index is 13.0. The third-order valence-corrected chi connectivity index (χ3v) is 6.89. The number of carbonyl (C=O) groups is 1. The first kappa shape index (κ1) is 17.5. The minimum atomic E-state index is 0.0165. The van der Waals surface area contributed by atoms with Gasteiger partial charge in [0.1, 0.15) is 10.7 Å². The summed E-state index contributed by atoms with van der Waals surface area (Å²) in [6.07, 6.45) is 2.03. The zero-order valence-electron chi connectivity index (χ0n) is 16.6. The third kappa shape index (κ3) is 2.70. The zero-order valence-corrected chi connectivity index (χ0v) is 17.4. The van der Waals surface area contributed by atoms with Gasteiger partial charge in [-0.15, -0.1) is 11.3 Å². The molecular formula is C25H19N3OS. The summed E-state index contributed by atoms with van der Waals surface area (Å²) in [5, 5.41) is 0.999. The number of anilines is 1. The van der Waals surface area contributed by atoms with Crippen LogP contribution < -0.4 is 4.90 Å². The molecule has 0 spiro atoms. The van der Waals surface area contributed by atoms with Gasteiger partial charge in [-0.2, -0.15) is 0 Å². The summed E-state index contributed by atoms with van der Waals surface area (Å²) in [6, 6.07) is 20.5. The highest BCUT2D eigenvalue weighted by atomic mass is 32.1. The third-order valence-electron chi connectivity index (χ3n) is 5.82. The quantitative estimate of drug-likeness (QED) is 0.427. The molecule has 0 fully saturated rings. The van der Waals surface area contributed by atoms with Crippen LogP contribution in [-0.2, 0) is 11.2 Å². The first-order chi connectivity index (χ1) is 14.7. The van der Waals surface area contributed by atoms with Crippen molar-refractivity contribution in [2.75, 3.05) is 11.4 Å². The topological polar surface area (TPSA) is 45.6 Å². The molecule has 4 nitrogen and oxygen atoms in total. The molecule has 0 N–H and O–H groups in total. The second-order valence-electron chi connectivity index (χ2n) is 7.87. The molecule has 0 saturated carbocycles. The van der Waals surface area contributed by atoms with Gasteiger partial charge in [0.2, 0.25) is 0 Å². The number of aliphatic imine (C=N–C) groups is 1. The van der Waals surface area contributed by atoms with E-state index in [1.807, 2.05) is 41.3 Å². The number of aryl methyl sites for hydroxylation is 2. The number of fused-ring (bicyclic) bond motifs is 1. The summed E-state index contributed by atoms with van der Waals surface area (Å²) in [4.78, 5) is 24.4. The van der Waals surface area contributed by atoms with Crippen LogP contribution >= 0.6 is 11.3 Å². The number of rotatable bonds is 2. The van der Waals surface area contributed by atoms with Gasteiger partial charge in [-0.05, 0) is 67.3 Å². The summed E-state index contributed by atoms with van der Waals surface area (Å²) in [5.74, 6) is 0.0165. The van der Waals surface area contributed by atoms with Crippen molar-refractivity contribution in [2.45, 2.75) is 19.8 Å². The lowest BCUT2D eigenvalue weighted by atomic mass is 10.00. The van der Waals surface area contributed by atoms with Crippen LogP contribution in [0.4, 0.5) is 11.4 Å². The molecule has 0 radical (unpaired) electrons. The van der Waals surface area contributed by atoms with Crippen LogP contribution in [0.15, 0.2) is 65.7 Å². The lowest BCUT2D eigenvalue weighted by Gasteiger charge is -2.24. The van der Waals surface area contributed by atoms with Crippen molar-refractivity contribution in [3.63, 3.8) is 0 Å². The largest absolute Gasteiger partial charge is 0.306 e. The van der Waals surface area contributed by atoms with E-state index in [0.717, 1.165) is 52.4 Å². The van der Waals surface area contributed by atoms with Crippen molar-refractivity contribution in [3.8, 4) is 10.6 Å². The molecule has 2 aliphatic rings. The van der Waals surface area contributed by atoms with Crippen molar-refractivity contribution >= 4 is 44.5 Å². The Kier molecular flexibility index (Phi) is 3.86. The Balaban J connectivity index is 1.36. The molecular weight excluding hydrogens is 390 g/mol. The van der Waals surface area contributed by atoms with Crippen molar-refractivity contribution < 1.29 is 4.79 Å². The number of hydrogen-bond donors (Lipinski definition) is 0. The highest BCUT2D eigenvalue weighted by Crippen LogP contribution is 2.38. The number of nitrogens with zero attached hydrogens (tertiary/aromatic N) is 3. The highest BCUT2D eigenvalue weighted by Gasteiger charge is 2.37. The molecule has 0 aliphatic carbocycles. The average molecular weight is 410 g/mol. The fourth-order valence-corrected chi connectivity index (χ4v) is 5.43. The van der Waals surface area contributed by atoms with Crippen LogP contribution in [0.25, 0.3) is 20.8 Å². The Hall–Kier alpha value is -3.31. The monoisotopic (exact) mass is 409 g/mol. The SMILES string of the molecule is Cc1ccc2nc(-c3ccc(N=C4C(=O)N5CCCc6cccc4c65)cc3)sc2c1. The van der Waals surface area contributed by atoms with Crippen LogP contribution in [0.1, 0.15) is 23.1 Å². The van der Waals surface area contributed by atoms with E-state index in [4.69, 9.17) is 9.98 Å². The van der Waals surface area contributed by atoms with Crippen LogP contribution in [0.2, 0.25) is 0 Å². The minimum Gasteiger partial charge on any atom is -0.306 e. The van der Waals surface area contributed by atoms with Crippen molar-refractivity contribution in [1.82, 2.24) is 4.98 Å². The minimum absolute atomic E-state index is 0.0165. The van der Waals surface area contributed by atoms with Gasteiger partial charge in [-0.25, -0.2) is 9.98 Å². The Morgan fingerprint density at radius 1 is 1.07 bits per heavy atom. The van der Waals surface area contributed by atoms with Gasteiger partial charge in [-0.3, -0.25) is 4.79 Å². The molecule has 0 bridgehead atoms. The molecule has 30 heavy (non-hydrogen) atoms.